The lowest BCUT2D eigenvalue weighted by molar-refractivity contribution is 0.426. The van der Waals surface area contributed by atoms with Crippen LogP contribution in [0.3, 0.4) is 0 Å². The quantitative estimate of drug-likeness (QED) is 0.534. The van der Waals surface area contributed by atoms with E-state index in [2.05, 4.69) is 15.9 Å². The van der Waals surface area contributed by atoms with E-state index in [-0.39, 0.29) is 0 Å². The molecule has 0 aliphatic carbocycles. The highest BCUT2D eigenvalue weighted by molar-refractivity contribution is 9.11. The van der Waals surface area contributed by atoms with Gasteiger partial charge >= 0.3 is 7.12 Å². The first-order valence-corrected chi connectivity index (χ1v) is 5.54. The summed E-state index contributed by atoms with van der Waals surface area (Å²) in [4.78, 5) is 0. The minimum atomic E-state index is -1.46. The van der Waals surface area contributed by atoms with Gasteiger partial charge in [-0.15, -0.1) is 11.3 Å². The largest absolute Gasteiger partial charge is 0.489 e. The molecular weight excluding hydrogens is 265 g/mol. The Morgan fingerprint density at radius 1 is 1.36 bits per heavy atom. The average Bonchev–Trinajstić information content (AvgIpc) is 2.47. The van der Waals surface area contributed by atoms with Crippen molar-refractivity contribution in [3.63, 3.8) is 0 Å². The van der Waals surface area contributed by atoms with Gasteiger partial charge in [0.05, 0.1) is 8.49 Å². The Balaban J connectivity index is 2.81. The number of thiophene rings is 1. The van der Waals surface area contributed by atoms with E-state index in [4.69, 9.17) is 15.8 Å². The van der Waals surface area contributed by atoms with Crippen LogP contribution in [0, 0.1) is 0 Å². The van der Waals surface area contributed by atoms with E-state index in [0.717, 1.165) is 13.9 Å². The van der Waals surface area contributed by atoms with Crippen LogP contribution in [-0.2, 0) is 0 Å². The van der Waals surface area contributed by atoms with Crippen molar-refractivity contribution in [2.75, 3.05) is 5.73 Å². The molecule has 0 fully saturated rings. The van der Waals surface area contributed by atoms with E-state index in [0.29, 0.717) is 11.2 Å². The van der Waals surface area contributed by atoms with Crippen LogP contribution in [0.2, 0.25) is 0 Å². The van der Waals surface area contributed by atoms with Crippen LogP contribution in [0.15, 0.2) is 22.0 Å². The van der Waals surface area contributed by atoms with Crippen molar-refractivity contribution in [1.82, 2.24) is 0 Å². The zero-order valence-electron chi connectivity index (χ0n) is 7.07. The number of halogens is 1. The van der Waals surface area contributed by atoms with Crippen molar-refractivity contribution < 1.29 is 10.0 Å². The molecule has 1 aromatic heterocycles. The Bertz CT molecular complexity index is 485. The Hall–Kier alpha value is -0.555. The highest BCUT2D eigenvalue weighted by Crippen LogP contribution is 2.32. The second-order valence-electron chi connectivity index (χ2n) is 2.91. The van der Waals surface area contributed by atoms with Crippen molar-refractivity contribution in [2.24, 2.45) is 0 Å². The summed E-state index contributed by atoms with van der Waals surface area (Å²) in [6, 6.07) is 5.15. The zero-order valence-corrected chi connectivity index (χ0v) is 9.47. The molecule has 0 aliphatic rings. The number of hydrogen-bond acceptors (Lipinski definition) is 4. The van der Waals surface area contributed by atoms with E-state index < -0.39 is 7.12 Å². The van der Waals surface area contributed by atoms with Gasteiger partial charge in [0, 0.05) is 5.69 Å². The summed E-state index contributed by atoms with van der Waals surface area (Å²) in [5.74, 6) is 0. The molecule has 4 N–H and O–H groups in total. The van der Waals surface area contributed by atoms with Crippen LogP contribution < -0.4 is 11.2 Å². The van der Waals surface area contributed by atoms with Crippen molar-refractivity contribution in [3.05, 3.63) is 22.0 Å². The Kier molecular flexibility index (Phi) is 2.53. The third-order valence-electron chi connectivity index (χ3n) is 2.00. The van der Waals surface area contributed by atoms with E-state index >= 15 is 0 Å². The fourth-order valence-electron chi connectivity index (χ4n) is 1.36. The SMILES string of the molecule is Nc1ccc(B(O)O)c2cc(Br)sc12. The Morgan fingerprint density at radius 3 is 2.71 bits per heavy atom. The number of rotatable bonds is 1. The summed E-state index contributed by atoms with van der Waals surface area (Å²) >= 11 is 4.82. The number of nitrogen functional groups attached to an aromatic ring is 1. The van der Waals surface area contributed by atoms with Crippen molar-refractivity contribution in [3.8, 4) is 0 Å². The number of benzene rings is 1. The van der Waals surface area contributed by atoms with Gasteiger partial charge in [0.25, 0.3) is 0 Å². The van der Waals surface area contributed by atoms with Gasteiger partial charge in [-0.3, -0.25) is 0 Å². The van der Waals surface area contributed by atoms with Gasteiger partial charge in [-0.2, -0.15) is 0 Å². The molecule has 0 unspecified atom stereocenters. The number of hydrogen-bond donors (Lipinski definition) is 3. The van der Waals surface area contributed by atoms with Crippen LogP contribution >= 0.6 is 27.3 Å². The molecule has 14 heavy (non-hydrogen) atoms. The minimum Gasteiger partial charge on any atom is -0.423 e. The molecule has 0 amide bonds. The molecule has 1 heterocycles. The van der Waals surface area contributed by atoms with Crippen LogP contribution in [0.5, 0.6) is 0 Å². The molecule has 0 radical (unpaired) electrons. The molecule has 6 heteroatoms. The van der Waals surface area contributed by atoms with Crippen molar-refractivity contribution in [2.45, 2.75) is 0 Å². The predicted molar refractivity (Wildman–Crippen MR) is 63.8 cm³/mol. The maximum Gasteiger partial charge on any atom is 0.489 e. The van der Waals surface area contributed by atoms with Gasteiger partial charge in [0.15, 0.2) is 0 Å². The second-order valence-corrected chi connectivity index (χ2v) is 5.34. The van der Waals surface area contributed by atoms with Gasteiger partial charge in [0.2, 0.25) is 0 Å². The third-order valence-corrected chi connectivity index (χ3v) is 3.68. The van der Waals surface area contributed by atoms with Gasteiger partial charge in [-0.1, -0.05) is 6.07 Å². The maximum atomic E-state index is 9.13. The lowest BCUT2D eigenvalue weighted by atomic mass is 9.78. The molecule has 72 valence electrons. The van der Waals surface area contributed by atoms with E-state index in [9.17, 15) is 0 Å². The third kappa shape index (κ3) is 1.54. The molecule has 3 nitrogen and oxygen atoms in total. The van der Waals surface area contributed by atoms with Crippen molar-refractivity contribution in [1.29, 1.82) is 0 Å². The average molecular weight is 272 g/mol. The summed E-state index contributed by atoms with van der Waals surface area (Å²) in [5, 5.41) is 19.0. The molecule has 1 aromatic carbocycles. The summed E-state index contributed by atoms with van der Waals surface area (Å²) in [6.45, 7) is 0. The van der Waals surface area contributed by atoms with Crippen LogP contribution in [0.4, 0.5) is 5.69 Å². The molecular formula is C8H7BBrNO2S. The first-order valence-electron chi connectivity index (χ1n) is 3.93. The first-order chi connectivity index (χ1) is 6.59. The topological polar surface area (TPSA) is 66.5 Å². The molecule has 0 atom stereocenters. The van der Waals surface area contributed by atoms with Gasteiger partial charge in [0.1, 0.15) is 0 Å². The van der Waals surface area contributed by atoms with E-state index in [1.807, 2.05) is 6.07 Å². The molecule has 2 aromatic rings. The Morgan fingerprint density at radius 2 is 2.07 bits per heavy atom. The fourth-order valence-corrected chi connectivity index (χ4v) is 2.92. The molecule has 0 saturated carbocycles. The summed E-state index contributed by atoms with van der Waals surface area (Å²) in [6.07, 6.45) is 0. The zero-order chi connectivity index (χ0) is 10.3. The monoisotopic (exact) mass is 271 g/mol. The highest BCUT2D eigenvalue weighted by atomic mass is 79.9. The van der Waals surface area contributed by atoms with E-state index in [1.165, 1.54) is 11.3 Å². The highest BCUT2D eigenvalue weighted by Gasteiger charge is 2.17. The molecule has 2 rings (SSSR count). The van der Waals surface area contributed by atoms with Crippen LogP contribution in [-0.4, -0.2) is 17.2 Å². The smallest absolute Gasteiger partial charge is 0.423 e. The lowest BCUT2D eigenvalue weighted by Gasteiger charge is -2.02. The minimum absolute atomic E-state index is 0.483. The molecule has 0 saturated heterocycles. The molecule has 0 spiro atoms. The number of anilines is 1. The maximum absolute atomic E-state index is 9.13. The van der Waals surface area contributed by atoms with Gasteiger partial charge < -0.3 is 15.8 Å². The fraction of sp³-hybridized carbons (Fsp3) is 0. The first kappa shape index (κ1) is 9.98. The number of nitrogens with two attached hydrogens (primary N) is 1. The molecule has 0 bridgehead atoms. The van der Waals surface area contributed by atoms with Crippen molar-refractivity contribution >= 4 is 55.6 Å². The summed E-state index contributed by atoms with van der Waals surface area (Å²) in [5.41, 5.74) is 6.90. The lowest BCUT2D eigenvalue weighted by Crippen LogP contribution is -2.30. The summed E-state index contributed by atoms with van der Waals surface area (Å²) < 4.78 is 1.80. The standard InChI is InChI=1S/C8H7BBrNO2S/c10-7-3-4-5(9(12)13)1-2-6(11)8(4)14-7/h1-3,12-13H,11H2. The van der Waals surface area contributed by atoms with E-state index in [1.54, 1.807) is 12.1 Å². The number of fused-ring (bicyclic) bond motifs is 1. The van der Waals surface area contributed by atoms with Gasteiger partial charge in [-0.25, -0.2) is 0 Å². The normalized spacial score (nSPS) is 10.8. The van der Waals surface area contributed by atoms with Gasteiger partial charge in [-0.05, 0) is 38.9 Å². The molecule has 0 aliphatic heterocycles. The second kappa shape index (κ2) is 3.54. The summed E-state index contributed by atoms with van der Waals surface area (Å²) in [7, 11) is -1.46. The predicted octanol–water partition coefficient (Wildman–Crippen LogP) is 0.926. The Labute approximate surface area is 93.4 Å². The van der Waals surface area contributed by atoms with Crippen LogP contribution in [0.25, 0.3) is 10.1 Å². The van der Waals surface area contributed by atoms with Crippen LogP contribution in [0.1, 0.15) is 0 Å².